The van der Waals surface area contributed by atoms with E-state index < -0.39 is 0 Å². The molecule has 0 aliphatic heterocycles. The SMILES string of the molecule is CCC(C)CC1CCC(C)CC1C. The second kappa shape index (κ2) is 5.02. The van der Waals surface area contributed by atoms with E-state index in [-0.39, 0.29) is 0 Å². The molecule has 0 heterocycles. The summed E-state index contributed by atoms with van der Waals surface area (Å²) in [6, 6.07) is 0. The van der Waals surface area contributed by atoms with Crippen LogP contribution in [0.3, 0.4) is 0 Å². The summed E-state index contributed by atoms with van der Waals surface area (Å²) in [5, 5.41) is 0. The van der Waals surface area contributed by atoms with E-state index in [2.05, 4.69) is 27.7 Å². The quantitative estimate of drug-likeness (QED) is 0.603. The molecule has 0 radical (unpaired) electrons. The normalized spacial score (nSPS) is 37.4. The van der Waals surface area contributed by atoms with Crippen LogP contribution in [0.5, 0.6) is 0 Å². The average Bonchev–Trinajstić information content (AvgIpc) is 2.09. The zero-order chi connectivity index (χ0) is 9.84. The van der Waals surface area contributed by atoms with Gasteiger partial charge in [-0.15, -0.1) is 0 Å². The number of hydrogen-bond donors (Lipinski definition) is 0. The van der Waals surface area contributed by atoms with Gasteiger partial charge >= 0.3 is 0 Å². The molecule has 1 aliphatic carbocycles. The molecule has 78 valence electrons. The van der Waals surface area contributed by atoms with Crippen LogP contribution in [0.15, 0.2) is 0 Å². The van der Waals surface area contributed by atoms with Gasteiger partial charge in [-0.2, -0.15) is 0 Å². The van der Waals surface area contributed by atoms with E-state index in [1.54, 1.807) is 0 Å². The average molecular weight is 182 g/mol. The van der Waals surface area contributed by atoms with Gasteiger partial charge in [-0.05, 0) is 42.9 Å². The lowest BCUT2D eigenvalue weighted by Crippen LogP contribution is -2.23. The highest BCUT2D eigenvalue weighted by Gasteiger charge is 2.25. The third kappa shape index (κ3) is 3.32. The summed E-state index contributed by atoms with van der Waals surface area (Å²) in [6.07, 6.45) is 7.28. The van der Waals surface area contributed by atoms with Gasteiger partial charge in [0.25, 0.3) is 0 Å². The highest BCUT2D eigenvalue weighted by molar-refractivity contribution is 4.76. The molecule has 0 aromatic heterocycles. The molecule has 0 aromatic carbocycles. The second-order valence-electron chi connectivity index (χ2n) is 5.40. The van der Waals surface area contributed by atoms with Crippen LogP contribution in [0.1, 0.15) is 59.8 Å². The third-order valence-corrected chi connectivity index (χ3v) is 4.01. The van der Waals surface area contributed by atoms with Gasteiger partial charge in [0, 0.05) is 0 Å². The first-order valence-electron chi connectivity index (χ1n) is 6.13. The van der Waals surface area contributed by atoms with Crippen molar-refractivity contribution in [2.75, 3.05) is 0 Å². The molecule has 0 amide bonds. The summed E-state index contributed by atoms with van der Waals surface area (Å²) in [5.74, 6) is 3.95. The van der Waals surface area contributed by atoms with Crippen molar-refractivity contribution in [1.29, 1.82) is 0 Å². The van der Waals surface area contributed by atoms with Crippen molar-refractivity contribution in [2.45, 2.75) is 59.8 Å². The summed E-state index contributed by atoms with van der Waals surface area (Å²) >= 11 is 0. The molecule has 0 aromatic rings. The topological polar surface area (TPSA) is 0 Å². The molecule has 0 N–H and O–H groups in total. The maximum Gasteiger partial charge on any atom is -0.0386 e. The van der Waals surface area contributed by atoms with E-state index in [0.717, 1.165) is 23.7 Å². The van der Waals surface area contributed by atoms with Crippen molar-refractivity contribution >= 4 is 0 Å². The van der Waals surface area contributed by atoms with Crippen LogP contribution in [0.4, 0.5) is 0 Å². The minimum absolute atomic E-state index is 0.945. The van der Waals surface area contributed by atoms with Gasteiger partial charge in [0.15, 0.2) is 0 Å². The van der Waals surface area contributed by atoms with E-state index >= 15 is 0 Å². The van der Waals surface area contributed by atoms with Gasteiger partial charge in [0.1, 0.15) is 0 Å². The number of rotatable bonds is 3. The fourth-order valence-electron chi connectivity index (χ4n) is 2.76. The Labute approximate surface area is 84.1 Å². The fraction of sp³-hybridized carbons (Fsp3) is 1.00. The molecule has 0 nitrogen and oxygen atoms in total. The minimum Gasteiger partial charge on any atom is -0.0651 e. The van der Waals surface area contributed by atoms with Crippen LogP contribution in [0.25, 0.3) is 0 Å². The fourth-order valence-corrected chi connectivity index (χ4v) is 2.76. The molecule has 0 heteroatoms. The molecule has 1 aliphatic rings. The molecule has 1 rings (SSSR count). The molecule has 0 spiro atoms. The van der Waals surface area contributed by atoms with Gasteiger partial charge in [-0.25, -0.2) is 0 Å². The monoisotopic (exact) mass is 182 g/mol. The standard InChI is InChI=1S/C13H26/c1-5-10(2)9-13-7-6-11(3)8-12(13)4/h10-13H,5-9H2,1-4H3. The Morgan fingerprint density at radius 3 is 2.46 bits per heavy atom. The Balaban J connectivity index is 2.33. The molecular weight excluding hydrogens is 156 g/mol. The molecule has 1 saturated carbocycles. The van der Waals surface area contributed by atoms with E-state index in [4.69, 9.17) is 0 Å². The predicted octanol–water partition coefficient (Wildman–Crippen LogP) is 4.49. The van der Waals surface area contributed by atoms with Crippen molar-refractivity contribution < 1.29 is 0 Å². The highest BCUT2D eigenvalue weighted by Crippen LogP contribution is 2.37. The molecule has 13 heavy (non-hydrogen) atoms. The van der Waals surface area contributed by atoms with Crippen molar-refractivity contribution in [2.24, 2.45) is 23.7 Å². The maximum absolute atomic E-state index is 2.46. The Morgan fingerprint density at radius 2 is 1.92 bits per heavy atom. The molecule has 4 unspecified atom stereocenters. The first kappa shape index (κ1) is 11.1. The largest absolute Gasteiger partial charge is 0.0651 e. The number of hydrogen-bond acceptors (Lipinski definition) is 0. The van der Waals surface area contributed by atoms with E-state index in [1.165, 1.54) is 32.1 Å². The summed E-state index contributed by atoms with van der Waals surface area (Å²) in [5.41, 5.74) is 0. The van der Waals surface area contributed by atoms with Crippen LogP contribution in [0, 0.1) is 23.7 Å². The zero-order valence-electron chi connectivity index (χ0n) is 9.84. The molecule has 0 saturated heterocycles. The Bertz CT molecular complexity index is 139. The van der Waals surface area contributed by atoms with Crippen LogP contribution in [0.2, 0.25) is 0 Å². The van der Waals surface area contributed by atoms with Gasteiger partial charge in [0.2, 0.25) is 0 Å². The van der Waals surface area contributed by atoms with Crippen LogP contribution < -0.4 is 0 Å². The van der Waals surface area contributed by atoms with Gasteiger partial charge in [-0.1, -0.05) is 40.5 Å². The first-order chi connectivity index (χ1) is 6.13. The van der Waals surface area contributed by atoms with Crippen LogP contribution in [-0.4, -0.2) is 0 Å². The van der Waals surface area contributed by atoms with E-state index in [9.17, 15) is 0 Å². The summed E-state index contributed by atoms with van der Waals surface area (Å²) in [7, 11) is 0. The van der Waals surface area contributed by atoms with E-state index in [1.807, 2.05) is 0 Å². The molecule has 4 atom stereocenters. The van der Waals surface area contributed by atoms with Gasteiger partial charge in [0.05, 0.1) is 0 Å². The summed E-state index contributed by atoms with van der Waals surface area (Å²) < 4.78 is 0. The lowest BCUT2D eigenvalue weighted by molar-refractivity contribution is 0.174. The van der Waals surface area contributed by atoms with Gasteiger partial charge < -0.3 is 0 Å². The zero-order valence-corrected chi connectivity index (χ0v) is 9.84. The van der Waals surface area contributed by atoms with Crippen molar-refractivity contribution in [3.8, 4) is 0 Å². The smallest absolute Gasteiger partial charge is 0.0386 e. The van der Waals surface area contributed by atoms with Gasteiger partial charge in [-0.3, -0.25) is 0 Å². The summed E-state index contributed by atoms with van der Waals surface area (Å²) in [6.45, 7) is 9.60. The van der Waals surface area contributed by atoms with Crippen LogP contribution >= 0.6 is 0 Å². The van der Waals surface area contributed by atoms with E-state index in [0.29, 0.717) is 0 Å². The lowest BCUT2D eigenvalue weighted by atomic mass is 9.72. The van der Waals surface area contributed by atoms with Crippen molar-refractivity contribution in [3.63, 3.8) is 0 Å². The predicted molar refractivity (Wildman–Crippen MR) is 59.7 cm³/mol. The first-order valence-corrected chi connectivity index (χ1v) is 6.13. The van der Waals surface area contributed by atoms with Crippen molar-refractivity contribution in [3.05, 3.63) is 0 Å². The van der Waals surface area contributed by atoms with Crippen molar-refractivity contribution in [1.82, 2.24) is 0 Å². The van der Waals surface area contributed by atoms with Crippen LogP contribution in [-0.2, 0) is 0 Å². The minimum atomic E-state index is 0.945. The molecular formula is C13H26. The Morgan fingerprint density at radius 1 is 1.23 bits per heavy atom. The third-order valence-electron chi connectivity index (χ3n) is 4.01. The maximum atomic E-state index is 2.46. The summed E-state index contributed by atoms with van der Waals surface area (Å²) in [4.78, 5) is 0. The Hall–Kier alpha value is 0. The highest BCUT2D eigenvalue weighted by atomic mass is 14.3. The molecule has 0 bridgehead atoms. The Kier molecular flexibility index (Phi) is 4.28. The molecule has 1 fully saturated rings. The second-order valence-corrected chi connectivity index (χ2v) is 5.40. The lowest BCUT2D eigenvalue weighted by Gasteiger charge is -2.34.